The summed E-state index contributed by atoms with van der Waals surface area (Å²) in [4.78, 5) is 23.2. The number of esters is 1. The molecule has 1 N–H and O–H groups in total. The molecule has 1 aromatic carbocycles. The molecule has 0 aliphatic heterocycles. The van der Waals surface area contributed by atoms with E-state index in [1.165, 1.54) is 19.3 Å². The lowest BCUT2D eigenvalue weighted by Gasteiger charge is -2.03. The Kier molecular flexibility index (Phi) is 5.68. The summed E-state index contributed by atoms with van der Waals surface area (Å²) in [5.41, 5.74) is 2.34. The molecule has 0 unspecified atom stereocenters. The number of hydrogen-bond donors (Lipinski definition) is 1. The van der Waals surface area contributed by atoms with Crippen molar-refractivity contribution < 1.29 is 14.3 Å². The molecule has 0 radical (unpaired) electrons. The van der Waals surface area contributed by atoms with E-state index in [-0.39, 0.29) is 12.5 Å². The number of aromatic nitrogens is 2. The van der Waals surface area contributed by atoms with E-state index in [2.05, 4.69) is 15.2 Å². The monoisotopic (exact) mass is 313 g/mol. The Bertz CT molecular complexity index is 705. The second-order valence-corrected chi connectivity index (χ2v) is 4.96. The van der Waals surface area contributed by atoms with Gasteiger partial charge in [0.15, 0.2) is 0 Å². The van der Waals surface area contributed by atoms with Crippen LogP contribution in [-0.2, 0) is 23.0 Å². The van der Waals surface area contributed by atoms with Crippen molar-refractivity contribution in [3.63, 3.8) is 0 Å². The molecule has 6 nitrogen and oxygen atoms in total. The minimum absolute atomic E-state index is 0.224. The molecule has 1 aromatic heterocycles. The molecule has 0 bridgehead atoms. The zero-order chi connectivity index (χ0) is 16.7. The molecular weight excluding hydrogens is 294 g/mol. The van der Waals surface area contributed by atoms with Crippen LogP contribution in [0.25, 0.3) is 0 Å². The van der Waals surface area contributed by atoms with Gasteiger partial charge in [-0.1, -0.05) is 36.4 Å². The van der Waals surface area contributed by atoms with Crippen LogP contribution in [0.4, 0.5) is 0 Å². The molecule has 0 aliphatic carbocycles. The van der Waals surface area contributed by atoms with Gasteiger partial charge in [0.25, 0.3) is 5.91 Å². The van der Waals surface area contributed by atoms with Crippen LogP contribution in [0.2, 0.25) is 0 Å². The van der Waals surface area contributed by atoms with E-state index in [1.807, 2.05) is 30.3 Å². The summed E-state index contributed by atoms with van der Waals surface area (Å²) >= 11 is 0. The maximum Gasteiger partial charge on any atom is 0.330 e. The number of rotatable bonds is 6. The van der Waals surface area contributed by atoms with E-state index in [4.69, 9.17) is 0 Å². The van der Waals surface area contributed by atoms with E-state index in [9.17, 15) is 9.59 Å². The van der Waals surface area contributed by atoms with Crippen LogP contribution >= 0.6 is 0 Å². The molecule has 0 saturated carbocycles. The van der Waals surface area contributed by atoms with Gasteiger partial charge in [-0.2, -0.15) is 5.10 Å². The zero-order valence-corrected chi connectivity index (χ0v) is 13.2. The average molecular weight is 313 g/mol. The summed E-state index contributed by atoms with van der Waals surface area (Å²) in [6.07, 6.45) is 5.09. The number of carbonyl (C=O) groups is 2. The lowest BCUT2D eigenvalue weighted by atomic mass is 10.1. The van der Waals surface area contributed by atoms with Crippen molar-refractivity contribution in [2.75, 3.05) is 13.7 Å². The van der Waals surface area contributed by atoms with Gasteiger partial charge in [0.1, 0.15) is 0 Å². The molecule has 2 rings (SSSR count). The Morgan fingerprint density at radius 1 is 1.30 bits per heavy atom. The Balaban J connectivity index is 2.03. The molecule has 0 spiro atoms. The lowest BCUT2D eigenvalue weighted by Crippen LogP contribution is -2.24. The first kappa shape index (κ1) is 16.5. The normalized spacial score (nSPS) is 10.7. The fourth-order valence-corrected chi connectivity index (χ4v) is 2.11. The first-order chi connectivity index (χ1) is 11.1. The van der Waals surface area contributed by atoms with E-state index < -0.39 is 5.97 Å². The highest BCUT2D eigenvalue weighted by Crippen LogP contribution is 2.12. The van der Waals surface area contributed by atoms with Crippen molar-refractivity contribution in [2.24, 2.45) is 7.05 Å². The van der Waals surface area contributed by atoms with Crippen LogP contribution in [0.15, 0.2) is 48.7 Å². The minimum Gasteiger partial charge on any atom is -0.466 e. The van der Waals surface area contributed by atoms with Crippen LogP contribution in [0.1, 0.15) is 21.6 Å². The van der Waals surface area contributed by atoms with Gasteiger partial charge >= 0.3 is 5.97 Å². The Morgan fingerprint density at radius 3 is 2.74 bits per heavy atom. The summed E-state index contributed by atoms with van der Waals surface area (Å²) in [6.45, 7) is 0.244. The second kappa shape index (κ2) is 7.93. The van der Waals surface area contributed by atoms with Gasteiger partial charge in [-0.3, -0.25) is 9.48 Å². The summed E-state index contributed by atoms with van der Waals surface area (Å²) in [7, 11) is 3.08. The van der Waals surface area contributed by atoms with Gasteiger partial charge < -0.3 is 10.1 Å². The molecule has 1 amide bonds. The number of hydrogen-bond acceptors (Lipinski definition) is 4. The minimum atomic E-state index is -0.453. The largest absolute Gasteiger partial charge is 0.466 e. The van der Waals surface area contributed by atoms with Crippen molar-refractivity contribution in [3.8, 4) is 0 Å². The number of nitrogens with zero attached hydrogens (tertiary/aromatic N) is 2. The Morgan fingerprint density at radius 2 is 2.04 bits per heavy atom. The molecule has 6 heteroatoms. The zero-order valence-electron chi connectivity index (χ0n) is 13.2. The molecule has 1 heterocycles. The summed E-state index contributed by atoms with van der Waals surface area (Å²) in [6, 6.07) is 9.85. The van der Waals surface area contributed by atoms with Gasteiger partial charge in [-0.05, 0) is 5.56 Å². The predicted octanol–water partition coefficient (Wildman–Crippen LogP) is 1.47. The van der Waals surface area contributed by atoms with Gasteiger partial charge in [-0.25, -0.2) is 4.79 Å². The topological polar surface area (TPSA) is 73.2 Å². The third-order valence-electron chi connectivity index (χ3n) is 3.20. The molecule has 120 valence electrons. The molecule has 0 aliphatic rings. The van der Waals surface area contributed by atoms with Crippen LogP contribution in [0.3, 0.4) is 0 Å². The van der Waals surface area contributed by atoms with Crippen LogP contribution < -0.4 is 5.32 Å². The number of carbonyl (C=O) groups excluding carboxylic acids is 2. The second-order valence-electron chi connectivity index (χ2n) is 4.96. The molecule has 0 fully saturated rings. The van der Waals surface area contributed by atoms with Crippen molar-refractivity contribution >= 4 is 11.9 Å². The van der Waals surface area contributed by atoms with Gasteiger partial charge in [0, 0.05) is 32.3 Å². The number of amides is 1. The molecule has 2 aromatic rings. The maximum atomic E-state index is 12.3. The van der Waals surface area contributed by atoms with Gasteiger partial charge in [0.05, 0.1) is 18.4 Å². The number of ether oxygens (including phenoxy) is 1. The van der Waals surface area contributed by atoms with Crippen molar-refractivity contribution in [2.45, 2.75) is 6.42 Å². The predicted molar refractivity (Wildman–Crippen MR) is 85.9 cm³/mol. The fourth-order valence-electron chi connectivity index (χ4n) is 2.11. The van der Waals surface area contributed by atoms with Crippen LogP contribution in [-0.4, -0.2) is 35.3 Å². The fraction of sp³-hybridized carbons (Fsp3) is 0.235. The molecule has 0 atom stereocenters. The smallest absolute Gasteiger partial charge is 0.330 e. The molecular formula is C17H19N3O3. The highest BCUT2D eigenvalue weighted by atomic mass is 16.5. The maximum absolute atomic E-state index is 12.3. The van der Waals surface area contributed by atoms with Gasteiger partial charge in [0.2, 0.25) is 0 Å². The number of methoxy groups -OCH3 is 1. The van der Waals surface area contributed by atoms with Gasteiger partial charge in [-0.15, -0.1) is 0 Å². The summed E-state index contributed by atoms with van der Waals surface area (Å²) in [5.74, 6) is -0.677. The number of benzene rings is 1. The number of aryl methyl sites for hydroxylation is 1. The Hall–Kier alpha value is -2.89. The quantitative estimate of drug-likeness (QED) is 0.647. The summed E-state index contributed by atoms with van der Waals surface area (Å²) < 4.78 is 6.10. The SMILES string of the molecule is COC(=O)/C=C/CNC(=O)c1cn(C)nc1Cc1ccccc1. The Labute approximate surface area is 134 Å². The van der Waals surface area contributed by atoms with E-state index in [0.717, 1.165) is 5.56 Å². The highest BCUT2D eigenvalue weighted by molar-refractivity contribution is 5.95. The highest BCUT2D eigenvalue weighted by Gasteiger charge is 2.15. The third kappa shape index (κ3) is 4.81. The van der Waals surface area contributed by atoms with E-state index in [0.29, 0.717) is 17.7 Å². The molecule has 0 saturated heterocycles. The van der Waals surface area contributed by atoms with E-state index in [1.54, 1.807) is 17.9 Å². The van der Waals surface area contributed by atoms with E-state index >= 15 is 0 Å². The van der Waals surface area contributed by atoms with Crippen LogP contribution in [0.5, 0.6) is 0 Å². The number of nitrogens with one attached hydrogen (secondary N) is 1. The average Bonchev–Trinajstić information content (AvgIpc) is 2.92. The summed E-state index contributed by atoms with van der Waals surface area (Å²) in [5, 5.41) is 7.09. The molecule has 23 heavy (non-hydrogen) atoms. The van der Waals surface area contributed by atoms with Crippen LogP contribution in [0, 0.1) is 0 Å². The first-order valence-corrected chi connectivity index (χ1v) is 7.19. The van der Waals surface area contributed by atoms with Crippen molar-refractivity contribution in [1.29, 1.82) is 0 Å². The first-order valence-electron chi connectivity index (χ1n) is 7.19. The third-order valence-corrected chi connectivity index (χ3v) is 3.20. The standard InChI is InChI=1S/C17H19N3O3/c1-20-12-14(17(22)18-10-6-9-16(21)23-2)15(19-20)11-13-7-4-3-5-8-13/h3-9,12H,10-11H2,1-2H3,(H,18,22)/b9-6+. The van der Waals surface area contributed by atoms with Crippen molar-refractivity contribution in [3.05, 3.63) is 65.5 Å². The van der Waals surface area contributed by atoms with Crippen molar-refractivity contribution in [1.82, 2.24) is 15.1 Å². The lowest BCUT2D eigenvalue weighted by molar-refractivity contribution is -0.134.